The first-order valence-electron chi connectivity index (χ1n) is 38.9. The highest BCUT2D eigenvalue weighted by molar-refractivity contribution is 6.12. The fourth-order valence-corrected chi connectivity index (χ4v) is 18.8. The molecule has 7 rings (SSSR count). The SMILES string of the molecule is CCCCC[C@H]1CC[C@H](C(=O)O[C@@]2(C(=O)[C@H]3CC[C@H](CCCCC)CC3)[C@@](OC(=O)[C@H]3CC[C@H](CCCCC)CC3)(C(=O)[C@H]3CC[C@H](CCCCC)CC3)[C@@H](O)[C@H](O)[C@@H](O)[C@@]2(OC(=O)[C@H]2CC[C@H](CCCCC)CC2)C(=O)[C@H]2CC[C@H](CCCCC)CC2)CC1. The largest absolute Gasteiger partial charge is 0.443 e. The van der Waals surface area contributed by atoms with Crippen LogP contribution in [0.4, 0.5) is 0 Å². The van der Waals surface area contributed by atoms with Gasteiger partial charge in [0.25, 0.3) is 5.60 Å². The molecule has 7 fully saturated rings. The van der Waals surface area contributed by atoms with E-state index in [-0.39, 0.29) is 18.8 Å². The second-order valence-corrected chi connectivity index (χ2v) is 31.2. The molecular weight excluding hydrogens is 1130 g/mol. The number of aliphatic hydroxyl groups is 3. The Hall–Kier alpha value is -2.70. The standard InChI is InChI=1S/C78H132O12/c1-7-13-19-25-55-31-43-61(44-32-55)68(80)76(88-73(85)64-49-37-58(38-50-64)28-22-16-10-4)71(83)67(79)72(84)77(69(81)62-45-33-56(34-46-62)26-20-14-8-2,89-74(86)65-51-39-59(40-52-65)29-23-17-11-5)78(76,70(82)63-47-35-57(36-48-63)27-21-15-9-3)90-75(87)66-53-41-60(42-54-66)30-24-18-12-6/h55-67,71-72,79,83-84H,7-54H2,1-6H3/t55-,56-,57-,58-,59-,60-,61-,62-,63-,64-,65-,66-,67-,71-,72+,76+,77-,78-. The Morgan fingerprint density at radius 1 is 0.278 bits per heavy atom. The molecule has 0 aliphatic heterocycles. The van der Waals surface area contributed by atoms with Crippen LogP contribution >= 0.6 is 0 Å². The van der Waals surface area contributed by atoms with Gasteiger partial charge in [0, 0.05) is 17.8 Å². The molecule has 0 unspecified atom stereocenters. The number of ether oxygens (including phenoxy) is 3. The first-order chi connectivity index (χ1) is 43.6. The first kappa shape index (κ1) is 74.7. The predicted molar refractivity (Wildman–Crippen MR) is 357 cm³/mol. The molecule has 7 saturated carbocycles. The van der Waals surface area contributed by atoms with Crippen LogP contribution in [0.25, 0.3) is 0 Å². The van der Waals surface area contributed by atoms with Crippen molar-refractivity contribution >= 4 is 35.3 Å². The second kappa shape index (κ2) is 37.6. The Bertz CT molecular complexity index is 2040. The van der Waals surface area contributed by atoms with Crippen LogP contribution in [-0.4, -0.2) is 85.7 Å². The molecule has 0 heterocycles. The van der Waals surface area contributed by atoms with Crippen LogP contribution in [0, 0.1) is 71.0 Å². The van der Waals surface area contributed by atoms with E-state index in [4.69, 9.17) is 14.2 Å². The molecule has 7 aliphatic carbocycles. The normalized spacial score (nSPS) is 35.9. The zero-order valence-electron chi connectivity index (χ0n) is 58.1. The summed E-state index contributed by atoms with van der Waals surface area (Å²) in [6, 6.07) is 0. The molecule has 12 heteroatoms. The molecule has 90 heavy (non-hydrogen) atoms. The molecule has 6 atom stereocenters. The average Bonchev–Trinajstić information content (AvgIpc) is 0.673. The number of hydrogen-bond donors (Lipinski definition) is 3. The predicted octanol–water partition coefficient (Wildman–Crippen LogP) is 18.0. The lowest BCUT2D eigenvalue weighted by atomic mass is 9.49. The Morgan fingerprint density at radius 3 is 0.700 bits per heavy atom. The van der Waals surface area contributed by atoms with E-state index in [1.165, 1.54) is 0 Å². The molecule has 0 aromatic carbocycles. The molecule has 12 nitrogen and oxygen atoms in total. The van der Waals surface area contributed by atoms with Gasteiger partial charge < -0.3 is 29.5 Å². The van der Waals surface area contributed by atoms with Crippen LogP contribution < -0.4 is 0 Å². The number of carbonyl (C=O) groups is 6. The topological polar surface area (TPSA) is 191 Å². The molecule has 0 bridgehead atoms. The summed E-state index contributed by atoms with van der Waals surface area (Å²) in [5.74, 6) is -8.73. The number of carbonyl (C=O) groups excluding carboxylic acids is 6. The third kappa shape index (κ3) is 18.2. The highest BCUT2D eigenvalue weighted by Crippen LogP contribution is 2.59. The van der Waals surface area contributed by atoms with Crippen LogP contribution in [-0.2, 0) is 43.0 Å². The van der Waals surface area contributed by atoms with Gasteiger partial charge in [-0.3, -0.25) is 28.8 Å². The van der Waals surface area contributed by atoms with Gasteiger partial charge in [0.15, 0.2) is 17.3 Å². The van der Waals surface area contributed by atoms with Crippen LogP contribution in [0.2, 0.25) is 0 Å². The van der Waals surface area contributed by atoms with Gasteiger partial charge in [0.1, 0.15) is 18.3 Å². The zero-order chi connectivity index (χ0) is 64.7. The number of rotatable bonds is 36. The summed E-state index contributed by atoms with van der Waals surface area (Å²) in [6.45, 7) is 13.1. The number of esters is 3. The molecule has 0 spiro atoms. The number of Topliss-reactive ketones (excluding diaryl/α,β-unsaturated/α-hetero) is 3. The van der Waals surface area contributed by atoms with Gasteiger partial charge in [0.05, 0.1) is 17.8 Å². The lowest BCUT2D eigenvalue weighted by Gasteiger charge is -2.63. The van der Waals surface area contributed by atoms with E-state index in [2.05, 4.69) is 41.5 Å². The minimum absolute atomic E-state index is 0.277. The first-order valence-corrected chi connectivity index (χ1v) is 38.9. The Balaban J connectivity index is 1.49. The number of ketones is 3. The van der Waals surface area contributed by atoms with Crippen LogP contribution in [0.3, 0.4) is 0 Å². The van der Waals surface area contributed by atoms with Crippen molar-refractivity contribution < 1.29 is 58.3 Å². The van der Waals surface area contributed by atoms with E-state index in [0.29, 0.717) is 145 Å². The Labute approximate surface area is 546 Å². The maximum absolute atomic E-state index is 17.8. The van der Waals surface area contributed by atoms with Gasteiger partial charge in [-0.1, -0.05) is 196 Å². The van der Waals surface area contributed by atoms with Crippen molar-refractivity contribution in [2.75, 3.05) is 0 Å². The summed E-state index contributed by atoms with van der Waals surface area (Å²) in [6.07, 6.45) is 30.0. The third-order valence-electron chi connectivity index (χ3n) is 24.9. The second-order valence-electron chi connectivity index (χ2n) is 31.2. The van der Waals surface area contributed by atoms with E-state index in [9.17, 15) is 15.3 Å². The summed E-state index contributed by atoms with van der Waals surface area (Å²) >= 11 is 0. The molecular formula is C78H132O12. The summed E-state index contributed by atoms with van der Waals surface area (Å²) in [5.41, 5.74) is -10.1. The Kier molecular flexibility index (Phi) is 31.2. The van der Waals surface area contributed by atoms with Gasteiger partial charge in [-0.2, -0.15) is 0 Å². The van der Waals surface area contributed by atoms with Crippen molar-refractivity contribution in [3.63, 3.8) is 0 Å². The Morgan fingerprint density at radius 2 is 0.478 bits per heavy atom. The quantitative estimate of drug-likeness (QED) is 0.0306. The number of hydrogen-bond acceptors (Lipinski definition) is 12. The molecule has 0 aromatic rings. The van der Waals surface area contributed by atoms with E-state index in [1.807, 2.05) is 0 Å². The van der Waals surface area contributed by atoms with E-state index < -0.39 is 106 Å². The summed E-state index contributed by atoms with van der Waals surface area (Å²) in [7, 11) is 0. The van der Waals surface area contributed by atoms with E-state index >= 15 is 28.8 Å². The van der Waals surface area contributed by atoms with Crippen LogP contribution in [0.1, 0.15) is 350 Å². The smallest absolute Gasteiger partial charge is 0.310 e. The maximum Gasteiger partial charge on any atom is 0.310 e. The fraction of sp³-hybridized carbons (Fsp3) is 0.923. The molecule has 0 amide bonds. The van der Waals surface area contributed by atoms with Crippen molar-refractivity contribution in [2.45, 2.75) is 385 Å². The third-order valence-corrected chi connectivity index (χ3v) is 24.9. The van der Waals surface area contributed by atoms with Gasteiger partial charge in [-0.05, 0) is 190 Å². The molecule has 3 N–H and O–H groups in total. The van der Waals surface area contributed by atoms with E-state index in [1.54, 1.807) is 0 Å². The fourth-order valence-electron chi connectivity index (χ4n) is 18.8. The van der Waals surface area contributed by atoms with Crippen molar-refractivity contribution in [1.82, 2.24) is 0 Å². The molecule has 0 saturated heterocycles. The highest BCUT2D eigenvalue weighted by Gasteiger charge is 2.89. The monoisotopic (exact) mass is 1260 g/mol. The average molecular weight is 1260 g/mol. The summed E-state index contributed by atoms with van der Waals surface area (Å²) < 4.78 is 21.8. The molecule has 0 radical (unpaired) electrons. The van der Waals surface area contributed by atoms with Gasteiger partial charge >= 0.3 is 17.9 Å². The van der Waals surface area contributed by atoms with Crippen LogP contribution in [0.15, 0.2) is 0 Å². The van der Waals surface area contributed by atoms with Crippen molar-refractivity contribution in [1.29, 1.82) is 0 Å². The van der Waals surface area contributed by atoms with E-state index in [0.717, 1.165) is 180 Å². The van der Waals surface area contributed by atoms with Crippen LogP contribution in [0.5, 0.6) is 0 Å². The lowest BCUT2D eigenvalue weighted by Crippen LogP contribution is -2.92. The maximum atomic E-state index is 17.8. The number of unbranched alkanes of at least 4 members (excludes halogenated alkanes) is 12. The lowest BCUT2D eigenvalue weighted by molar-refractivity contribution is -0.329. The van der Waals surface area contributed by atoms with Gasteiger partial charge in [-0.15, -0.1) is 0 Å². The molecule has 7 aliphatic rings. The van der Waals surface area contributed by atoms with Crippen molar-refractivity contribution in [2.24, 2.45) is 71.0 Å². The minimum Gasteiger partial charge on any atom is -0.443 e. The zero-order valence-corrected chi connectivity index (χ0v) is 58.1. The van der Waals surface area contributed by atoms with Crippen molar-refractivity contribution in [3.8, 4) is 0 Å². The summed E-state index contributed by atoms with van der Waals surface area (Å²) in [5, 5.41) is 40.9. The highest BCUT2D eigenvalue weighted by atomic mass is 16.7. The van der Waals surface area contributed by atoms with Crippen molar-refractivity contribution in [3.05, 3.63) is 0 Å². The summed E-state index contributed by atoms with van der Waals surface area (Å²) in [4.78, 5) is 101. The van der Waals surface area contributed by atoms with Gasteiger partial charge in [0.2, 0.25) is 11.2 Å². The molecule has 516 valence electrons. The number of aliphatic hydroxyl groups excluding tert-OH is 3. The molecule has 0 aromatic heterocycles. The minimum atomic E-state index is -3.43. The van der Waals surface area contributed by atoms with Gasteiger partial charge in [-0.25, -0.2) is 0 Å².